The van der Waals surface area contributed by atoms with Crippen LogP contribution in [0.1, 0.15) is 11.1 Å². The fourth-order valence-corrected chi connectivity index (χ4v) is 3.92. The van der Waals surface area contributed by atoms with E-state index >= 15 is 0 Å². The molecule has 4 aromatic rings. The molecule has 0 fully saturated rings. The number of aromatic amines is 1. The van der Waals surface area contributed by atoms with Gasteiger partial charge in [-0.15, -0.1) is 0 Å². The molecule has 0 aliphatic heterocycles. The summed E-state index contributed by atoms with van der Waals surface area (Å²) in [7, 11) is 1.54. The average Bonchev–Trinajstić information content (AvgIpc) is 3.21. The number of aromatic nitrogens is 2. The van der Waals surface area contributed by atoms with E-state index in [1.807, 2.05) is 36.4 Å². The van der Waals surface area contributed by atoms with Crippen molar-refractivity contribution in [2.75, 3.05) is 7.11 Å². The number of hydrogen-bond donors (Lipinski definition) is 2. The van der Waals surface area contributed by atoms with Crippen molar-refractivity contribution in [2.24, 2.45) is 0 Å². The highest BCUT2D eigenvalue weighted by Crippen LogP contribution is 2.32. The fourth-order valence-electron chi connectivity index (χ4n) is 3.00. The van der Waals surface area contributed by atoms with Gasteiger partial charge in [0.2, 0.25) is 0 Å². The molecule has 0 bridgehead atoms. The van der Waals surface area contributed by atoms with Gasteiger partial charge in [-0.2, -0.15) is 0 Å². The van der Waals surface area contributed by atoms with Crippen LogP contribution in [-0.2, 0) is 11.4 Å². The van der Waals surface area contributed by atoms with E-state index in [4.69, 9.17) is 21.1 Å². The van der Waals surface area contributed by atoms with Gasteiger partial charge in [-0.05, 0) is 65.4 Å². The molecule has 8 heteroatoms. The van der Waals surface area contributed by atoms with Gasteiger partial charge in [0, 0.05) is 5.02 Å². The number of H-pyrrole nitrogens is 1. The van der Waals surface area contributed by atoms with E-state index in [0.29, 0.717) is 33.8 Å². The second-order valence-corrected chi connectivity index (χ2v) is 8.27. The lowest BCUT2D eigenvalue weighted by molar-refractivity contribution is -0.131. The molecule has 6 nitrogen and oxygen atoms in total. The Balaban J connectivity index is 1.53. The third-order valence-electron chi connectivity index (χ3n) is 4.58. The van der Waals surface area contributed by atoms with Crippen LogP contribution in [0.2, 0.25) is 5.02 Å². The summed E-state index contributed by atoms with van der Waals surface area (Å²) in [5.74, 6) is 0.0186. The summed E-state index contributed by atoms with van der Waals surface area (Å²) in [5.41, 5.74) is 3.27. The highest BCUT2D eigenvalue weighted by atomic mass is 35.5. The van der Waals surface area contributed by atoms with Gasteiger partial charge in [0.15, 0.2) is 16.7 Å². The number of methoxy groups -OCH3 is 1. The molecular formula is C24H19ClN2O4S. The molecule has 3 aromatic carbocycles. The molecule has 1 aromatic heterocycles. The maximum Gasteiger partial charge on any atom is 0.342 e. The number of carboxylic acid groups (broad SMARTS) is 1. The van der Waals surface area contributed by atoms with Gasteiger partial charge in [0.05, 0.1) is 18.1 Å². The number of benzene rings is 3. The second-order valence-electron chi connectivity index (χ2n) is 6.80. The summed E-state index contributed by atoms with van der Waals surface area (Å²) in [4.78, 5) is 19.5. The number of nitrogens with zero attached hydrogens (tertiary/aromatic N) is 1. The Labute approximate surface area is 193 Å². The quantitative estimate of drug-likeness (QED) is 0.244. The highest BCUT2D eigenvalue weighted by molar-refractivity contribution is 8.04. The zero-order valence-electron chi connectivity index (χ0n) is 17.0. The van der Waals surface area contributed by atoms with E-state index < -0.39 is 5.97 Å². The van der Waals surface area contributed by atoms with Crippen molar-refractivity contribution in [3.05, 3.63) is 87.8 Å². The largest absolute Gasteiger partial charge is 0.493 e. The maximum absolute atomic E-state index is 11.8. The van der Waals surface area contributed by atoms with Gasteiger partial charge in [0.25, 0.3) is 0 Å². The SMILES string of the molecule is COc1cc(/C=C(\Sc2nc3ccccc3[nH]2)C(=O)O)ccc1OCc1ccc(Cl)cc1. The number of halogens is 1. The van der Waals surface area contributed by atoms with Gasteiger partial charge in [-0.25, -0.2) is 9.78 Å². The molecule has 0 spiro atoms. The third kappa shape index (κ3) is 5.25. The summed E-state index contributed by atoms with van der Waals surface area (Å²) >= 11 is 6.97. The van der Waals surface area contributed by atoms with Crippen molar-refractivity contribution < 1.29 is 19.4 Å². The van der Waals surface area contributed by atoms with Crippen LogP contribution >= 0.6 is 23.4 Å². The summed E-state index contributed by atoms with van der Waals surface area (Å²) in [5, 5.41) is 10.9. The molecule has 0 saturated carbocycles. The van der Waals surface area contributed by atoms with Crippen LogP contribution in [0.5, 0.6) is 11.5 Å². The van der Waals surface area contributed by atoms with Gasteiger partial charge in [-0.3, -0.25) is 0 Å². The van der Waals surface area contributed by atoms with Crippen molar-refractivity contribution in [2.45, 2.75) is 11.8 Å². The van der Waals surface area contributed by atoms with Gasteiger partial charge in [-0.1, -0.05) is 41.9 Å². The molecule has 0 saturated heterocycles. The van der Waals surface area contributed by atoms with Crippen LogP contribution < -0.4 is 9.47 Å². The molecule has 0 aliphatic carbocycles. The van der Waals surface area contributed by atoms with Crippen LogP contribution in [0.4, 0.5) is 0 Å². The minimum atomic E-state index is -1.04. The third-order valence-corrected chi connectivity index (χ3v) is 5.73. The van der Waals surface area contributed by atoms with Gasteiger partial charge >= 0.3 is 5.97 Å². The molecular weight excluding hydrogens is 448 g/mol. The lowest BCUT2D eigenvalue weighted by Gasteiger charge is -2.12. The van der Waals surface area contributed by atoms with Crippen LogP contribution in [0.3, 0.4) is 0 Å². The van der Waals surface area contributed by atoms with E-state index in [0.717, 1.165) is 28.4 Å². The monoisotopic (exact) mass is 466 g/mol. The predicted octanol–water partition coefficient (Wildman–Crippen LogP) is 6.02. The Bertz CT molecular complexity index is 1250. The Hall–Kier alpha value is -3.42. The molecule has 0 radical (unpaired) electrons. The summed E-state index contributed by atoms with van der Waals surface area (Å²) in [6.07, 6.45) is 1.58. The number of nitrogens with one attached hydrogen (secondary N) is 1. The maximum atomic E-state index is 11.8. The van der Waals surface area contributed by atoms with Crippen molar-refractivity contribution >= 4 is 46.4 Å². The van der Waals surface area contributed by atoms with Gasteiger partial charge < -0.3 is 19.6 Å². The molecule has 1 heterocycles. The van der Waals surface area contributed by atoms with Crippen LogP contribution in [0.25, 0.3) is 17.1 Å². The topological polar surface area (TPSA) is 84.4 Å². The average molecular weight is 467 g/mol. The molecule has 2 N–H and O–H groups in total. The van der Waals surface area contributed by atoms with Gasteiger partial charge in [0.1, 0.15) is 11.5 Å². The van der Waals surface area contributed by atoms with E-state index in [1.54, 1.807) is 43.5 Å². The first-order valence-corrected chi connectivity index (χ1v) is 10.8. The first-order chi connectivity index (χ1) is 15.5. The normalized spacial score (nSPS) is 11.5. The molecule has 32 heavy (non-hydrogen) atoms. The number of aliphatic carboxylic acids is 1. The summed E-state index contributed by atoms with van der Waals surface area (Å²) in [6.45, 7) is 0.352. The number of carbonyl (C=O) groups is 1. The highest BCUT2D eigenvalue weighted by Gasteiger charge is 2.14. The molecule has 0 atom stereocenters. The lowest BCUT2D eigenvalue weighted by atomic mass is 10.2. The van der Waals surface area contributed by atoms with Crippen molar-refractivity contribution in [1.29, 1.82) is 0 Å². The summed E-state index contributed by atoms with van der Waals surface area (Å²) in [6, 6.07) is 20.2. The number of thioether (sulfide) groups is 1. The molecule has 162 valence electrons. The number of imidazole rings is 1. The number of carboxylic acids is 1. The number of hydrogen-bond acceptors (Lipinski definition) is 5. The minimum absolute atomic E-state index is 0.126. The van der Waals surface area contributed by atoms with E-state index in [9.17, 15) is 9.90 Å². The first kappa shape index (κ1) is 21.8. The molecule has 0 amide bonds. The number of para-hydroxylation sites is 2. The molecule has 4 rings (SSSR count). The zero-order chi connectivity index (χ0) is 22.5. The van der Waals surface area contributed by atoms with Crippen molar-refractivity contribution in [3.63, 3.8) is 0 Å². The summed E-state index contributed by atoms with van der Waals surface area (Å²) < 4.78 is 11.3. The molecule has 0 unspecified atom stereocenters. The zero-order valence-corrected chi connectivity index (χ0v) is 18.6. The van der Waals surface area contributed by atoms with E-state index in [-0.39, 0.29) is 4.91 Å². The smallest absolute Gasteiger partial charge is 0.342 e. The Morgan fingerprint density at radius 1 is 1.12 bits per heavy atom. The second kappa shape index (κ2) is 9.80. The minimum Gasteiger partial charge on any atom is -0.493 e. The Kier molecular flexibility index (Phi) is 6.68. The number of rotatable bonds is 8. The lowest BCUT2D eigenvalue weighted by Crippen LogP contribution is -1.99. The first-order valence-electron chi connectivity index (χ1n) is 9.65. The standard InChI is InChI=1S/C24H19ClN2O4S/c1-30-21-12-16(8-11-20(21)31-14-15-6-9-17(25)10-7-15)13-22(23(28)29)32-24-26-18-4-2-3-5-19(18)27-24/h2-13H,14H2,1H3,(H,26,27)(H,28,29)/b22-13-. The van der Waals surface area contributed by atoms with Crippen LogP contribution in [-0.4, -0.2) is 28.2 Å². The fraction of sp³-hybridized carbons (Fsp3) is 0.0833. The number of ether oxygens (including phenoxy) is 2. The Morgan fingerprint density at radius 3 is 2.62 bits per heavy atom. The van der Waals surface area contributed by atoms with E-state index in [2.05, 4.69) is 9.97 Å². The van der Waals surface area contributed by atoms with Crippen molar-refractivity contribution in [1.82, 2.24) is 9.97 Å². The van der Waals surface area contributed by atoms with Crippen LogP contribution in [0.15, 0.2) is 76.8 Å². The molecule has 0 aliphatic rings. The van der Waals surface area contributed by atoms with Crippen molar-refractivity contribution in [3.8, 4) is 11.5 Å². The Morgan fingerprint density at radius 2 is 1.91 bits per heavy atom. The number of fused-ring (bicyclic) bond motifs is 1. The van der Waals surface area contributed by atoms with Crippen LogP contribution in [0, 0.1) is 0 Å². The van der Waals surface area contributed by atoms with E-state index in [1.165, 1.54) is 0 Å². The predicted molar refractivity (Wildman–Crippen MR) is 126 cm³/mol.